The fourth-order valence-corrected chi connectivity index (χ4v) is 4.62. The van der Waals surface area contributed by atoms with Gasteiger partial charge < -0.3 is 15.0 Å². The van der Waals surface area contributed by atoms with Gasteiger partial charge in [-0.15, -0.1) is 4.91 Å². The van der Waals surface area contributed by atoms with Crippen molar-refractivity contribution in [1.29, 1.82) is 0 Å². The van der Waals surface area contributed by atoms with Gasteiger partial charge in [0.05, 0.1) is 6.61 Å². The SMILES string of the molecule is CCOc1cc(C#Cc2ccccc2)c2c(c1)CCN(C(=O)c1ccc(C(=O)Nc3cccc(N=O)c3)cc1)C2. The molecule has 0 bridgehead atoms. The highest BCUT2D eigenvalue weighted by Gasteiger charge is 2.24. The van der Waals surface area contributed by atoms with E-state index < -0.39 is 0 Å². The van der Waals surface area contributed by atoms with Gasteiger partial charge in [0.15, 0.2) is 0 Å². The zero-order valence-corrected chi connectivity index (χ0v) is 22.0. The highest BCUT2D eigenvalue weighted by molar-refractivity contribution is 6.05. The van der Waals surface area contributed by atoms with Crippen LogP contribution in [0.1, 0.15) is 49.9 Å². The maximum Gasteiger partial charge on any atom is 0.255 e. The highest BCUT2D eigenvalue weighted by atomic mass is 16.5. The van der Waals surface area contributed by atoms with E-state index in [4.69, 9.17) is 4.74 Å². The number of fused-ring (bicyclic) bond motifs is 1. The van der Waals surface area contributed by atoms with Crippen LogP contribution in [0.3, 0.4) is 0 Å². The molecule has 0 spiro atoms. The van der Waals surface area contributed by atoms with Gasteiger partial charge in [-0.2, -0.15) is 0 Å². The Morgan fingerprint density at radius 1 is 0.925 bits per heavy atom. The molecule has 4 aromatic rings. The van der Waals surface area contributed by atoms with Gasteiger partial charge in [-0.3, -0.25) is 9.59 Å². The average Bonchev–Trinajstić information content (AvgIpc) is 3.00. The molecule has 0 fully saturated rings. The molecule has 1 aliphatic heterocycles. The quantitative estimate of drug-likeness (QED) is 0.233. The molecule has 1 heterocycles. The van der Waals surface area contributed by atoms with Gasteiger partial charge in [-0.05, 0) is 96.4 Å². The summed E-state index contributed by atoms with van der Waals surface area (Å²) in [5.74, 6) is 6.85. The molecule has 1 aliphatic rings. The van der Waals surface area contributed by atoms with Crippen LogP contribution in [0.4, 0.5) is 11.4 Å². The number of amides is 2. The van der Waals surface area contributed by atoms with Crippen LogP contribution in [0.15, 0.2) is 96.2 Å². The van der Waals surface area contributed by atoms with E-state index in [0.29, 0.717) is 42.9 Å². The summed E-state index contributed by atoms with van der Waals surface area (Å²) in [6, 6.07) is 26.7. The summed E-state index contributed by atoms with van der Waals surface area (Å²) in [6.45, 7) is 3.51. The third kappa shape index (κ3) is 6.08. The van der Waals surface area contributed by atoms with E-state index in [0.717, 1.165) is 28.0 Å². The molecule has 5 rings (SSSR count). The molecule has 0 unspecified atom stereocenters. The van der Waals surface area contributed by atoms with E-state index in [-0.39, 0.29) is 17.5 Å². The number of benzene rings is 4. The molecule has 7 nitrogen and oxygen atoms in total. The van der Waals surface area contributed by atoms with Crippen molar-refractivity contribution < 1.29 is 14.3 Å². The summed E-state index contributed by atoms with van der Waals surface area (Å²) in [5, 5.41) is 5.63. The lowest BCUT2D eigenvalue weighted by molar-refractivity contribution is 0.0734. The number of nitrogens with one attached hydrogen (secondary N) is 1. The molecule has 0 saturated heterocycles. The second kappa shape index (κ2) is 12.1. The predicted molar refractivity (Wildman–Crippen MR) is 155 cm³/mol. The molecule has 4 aromatic carbocycles. The van der Waals surface area contributed by atoms with Crippen molar-refractivity contribution >= 4 is 23.2 Å². The Hall–Kier alpha value is -5.22. The Morgan fingerprint density at radius 2 is 1.70 bits per heavy atom. The smallest absolute Gasteiger partial charge is 0.255 e. The van der Waals surface area contributed by atoms with Crippen molar-refractivity contribution in [2.75, 3.05) is 18.5 Å². The molecular formula is C33H27N3O4. The van der Waals surface area contributed by atoms with Crippen LogP contribution in [0, 0.1) is 16.7 Å². The second-order valence-electron chi connectivity index (χ2n) is 9.31. The van der Waals surface area contributed by atoms with Gasteiger partial charge in [-0.25, -0.2) is 0 Å². The Morgan fingerprint density at radius 3 is 2.45 bits per heavy atom. The maximum absolute atomic E-state index is 13.4. The normalized spacial score (nSPS) is 12.0. The van der Waals surface area contributed by atoms with Crippen LogP contribution in [-0.4, -0.2) is 29.9 Å². The summed E-state index contributed by atoms with van der Waals surface area (Å²) in [7, 11) is 0. The first-order valence-electron chi connectivity index (χ1n) is 13.0. The summed E-state index contributed by atoms with van der Waals surface area (Å²) >= 11 is 0. The number of nitrogens with zero attached hydrogens (tertiary/aromatic N) is 2. The Bertz CT molecular complexity index is 1620. The molecule has 0 aliphatic carbocycles. The van der Waals surface area contributed by atoms with Crippen LogP contribution < -0.4 is 10.1 Å². The molecule has 2 amide bonds. The molecule has 0 atom stereocenters. The molecular weight excluding hydrogens is 502 g/mol. The van der Waals surface area contributed by atoms with Crippen molar-refractivity contribution in [2.45, 2.75) is 19.9 Å². The van der Waals surface area contributed by atoms with Crippen molar-refractivity contribution in [3.8, 4) is 17.6 Å². The topological polar surface area (TPSA) is 88.1 Å². The predicted octanol–water partition coefficient (Wildman–Crippen LogP) is 6.33. The lowest BCUT2D eigenvalue weighted by atomic mass is 9.93. The number of carbonyl (C=O) groups excluding carboxylic acids is 2. The third-order valence-electron chi connectivity index (χ3n) is 6.63. The van der Waals surface area contributed by atoms with Crippen LogP contribution in [-0.2, 0) is 13.0 Å². The molecule has 0 saturated carbocycles. The van der Waals surface area contributed by atoms with E-state index in [2.05, 4.69) is 22.3 Å². The zero-order valence-electron chi connectivity index (χ0n) is 22.0. The standard InChI is InChI=1S/C33H27N3O4/c1-2-40-30-19-26(12-11-23-7-4-3-5-8-23)31-22-36(18-17-27(31)20-30)33(38)25-15-13-24(14-16-25)32(37)34-28-9-6-10-29(21-28)35-39/h3-10,13-16,19-21H,2,17-18,22H2,1H3,(H,34,37). The Labute approximate surface area is 232 Å². The van der Waals surface area contributed by atoms with Crippen molar-refractivity contribution in [3.05, 3.63) is 129 Å². The van der Waals surface area contributed by atoms with E-state index in [1.54, 1.807) is 42.5 Å². The van der Waals surface area contributed by atoms with Crippen molar-refractivity contribution in [2.24, 2.45) is 5.18 Å². The van der Waals surface area contributed by atoms with Crippen molar-refractivity contribution in [1.82, 2.24) is 4.90 Å². The number of hydrogen-bond donors (Lipinski definition) is 1. The van der Waals surface area contributed by atoms with Gasteiger partial charge in [0, 0.05) is 41.0 Å². The number of anilines is 1. The summed E-state index contributed by atoms with van der Waals surface area (Å²) in [6.07, 6.45) is 0.692. The minimum Gasteiger partial charge on any atom is -0.494 e. The van der Waals surface area contributed by atoms with E-state index >= 15 is 0 Å². The highest BCUT2D eigenvalue weighted by Crippen LogP contribution is 2.29. The molecule has 0 aromatic heterocycles. The fraction of sp³-hybridized carbons (Fsp3) is 0.152. The first kappa shape index (κ1) is 26.4. The first-order chi connectivity index (χ1) is 19.5. The Kier molecular flexibility index (Phi) is 7.98. The molecule has 40 heavy (non-hydrogen) atoms. The summed E-state index contributed by atoms with van der Waals surface area (Å²) in [5.41, 5.74) is 5.50. The van der Waals surface area contributed by atoms with Gasteiger partial charge in [0.2, 0.25) is 0 Å². The van der Waals surface area contributed by atoms with E-state index in [1.807, 2.05) is 54.3 Å². The molecule has 198 valence electrons. The first-order valence-corrected chi connectivity index (χ1v) is 13.0. The molecule has 7 heteroatoms. The number of carbonyl (C=O) groups is 2. The van der Waals surface area contributed by atoms with Gasteiger partial charge >= 0.3 is 0 Å². The minimum absolute atomic E-state index is 0.113. The maximum atomic E-state index is 13.4. The van der Waals surface area contributed by atoms with Gasteiger partial charge in [0.1, 0.15) is 11.4 Å². The lowest BCUT2D eigenvalue weighted by Crippen LogP contribution is -2.36. The van der Waals surface area contributed by atoms with Crippen LogP contribution in [0.25, 0.3) is 0 Å². The lowest BCUT2D eigenvalue weighted by Gasteiger charge is -2.30. The van der Waals surface area contributed by atoms with E-state index in [1.165, 1.54) is 6.07 Å². The minimum atomic E-state index is -0.347. The van der Waals surface area contributed by atoms with Crippen LogP contribution in [0.2, 0.25) is 0 Å². The zero-order chi connectivity index (χ0) is 27.9. The molecule has 0 radical (unpaired) electrons. The fourth-order valence-electron chi connectivity index (χ4n) is 4.62. The number of rotatable bonds is 6. The average molecular weight is 530 g/mol. The monoisotopic (exact) mass is 529 g/mol. The summed E-state index contributed by atoms with van der Waals surface area (Å²) in [4.78, 5) is 38.7. The third-order valence-corrected chi connectivity index (χ3v) is 6.63. The number of ether oxygens (including phenoxy) is 1. The molecule has 1 N–H and O–H groups in total. The van der Waals surface area contributed by atoms with Crippen LogP contribution >= 0.6 is 0 Å². The number of nitroso groups, excluding NO2 is 1. The van der Waals surface area contributed by atoms with Crippen molar-refractivity contribution in [3.63, 3.8) is 0 Å². The van der Waals surface area contributed by atoms with E-state index in [9.17, 15) is 14.5 Å². The van der Waals surface area contributed by atoms with Crippen LogP contribution in [0.5, 0.6) is 5.75 Å². The number of hydrogen-bond acceptors (Lipinski definition) is 5. The Balaban J connectivity index is 1.33. The largest absolute Gasteiger partial charge is 0.494 e. The summed E-state index contributed by atoms with van der Waals surface area (Å²) < 4.78 is 5.79. The van der Waals surface area contributed by atoms with Gasteiger partial charge in [-0.1, -0.05) is 36.1 Å². The second-order valence-corrected chi connectivity index (χ2v) is 9.31. The van der Waals surface area contributed by atoms with Gasteiger partial charge in [0.25, 0.3) is 11.8 Å².